The van der Waals surface area contributed by atoms with Crippen molar-refractivity contribution < 1.29 is 0 Å². The summed E-state index contributed by atoms with van der Waals surface area (Å²) < 4.78 is 2.21. The molecule has 2 atom stereocenters. The van der Waals surface area contributed by atoms with E-state index in [1.165, 1.54) is 22.3 Å². The van der Waals surface area contributed by atoms with Gasteiger partial charge in [-0.3, -0.25) is 0 Å². The summed E-state index contributed by atoms with van der Waals surface area (Å²) in [6.07, 6.45) is 0. The second-order valence-electron chi connectivity index (χ2n) is 9.13. The van der Waals surface area contributed by atoms with Crippen molar-refractivity contribution in [2.24, 2.45) is 0 Å². The van der Waals surface area contributed by atoms with Gasteiger partial charge in [0, 0.05) is 43.9 Å². The van der Waals surface area contributed by atoms with E-state index in [4.69, 9.17) is 23.2 Å². The number of nitrogens with zero attached hydrogens (tertiary/aromatic N) is 1. The minimum atomic E-state index is 0.348. The summed E-state index contributed by atoms with van der Waals surface area (Å²) in [7, 11) is 6.17. The predicted molar refractivity (Wildman–Crippen MR) is 167 cm³/mol. The lowest BCUT2D eigenvalue weighted by Gasteiger charge is -2.22. The van der Waals surface area contributed by atoms with E-state index in [-0.39, 0.29) is 0 Å². The zero-order chi connectivity index (χ0) is 26.8. The third kappa shape index (κ3) is 9.55. The Morgan fingerprint density at radius 1 is 0.595 bits per heavy atom. The van der Waals surface area contributed by atoms with Crippen LogP contribution in [0.2, 0.25) is 10.0 Å². The van der Waals surface area contributed by atoms with Crippen molar-refractivity contribution >= 4 is 55.1 Å². The van der Waals surface area contributed by atoms with Crippen LogP contribution in [0.25, 0.3) is 0 Å². The molecule has 6 heteroatoms. The van der Waals surface area contributed by atoms with Crippen LogP contribution in [0, 0.1) is 0 Å². The van der Waals surface area contributed by atoms with Gasteiger partial charge in [0.05, 0.1) is 0 Å². The molecule has 0 radical (unpaired) electrons. The standard InChI is InChI=1S/C16H17BrClN.C15H15BrClN/c1-19(2)11-16(12-3-7-14(17)8-4-12)13-5-9-15(18)10-6-13;1-18-10-15(11-2-6-13(16)7-3-11)12-4-8-14(17)9-5-12/h3-10,16H,11H2,1-2H3;2-9,15,18H,10H2,1H3. The van der Waals surface area contributed by atoms with Gasteiger partial charge < -0.3 is 10.2 Å². The maximum atomic E-state index is 5.97. The fourth-order valence-corrected chi connectivity index (χ4v) is 4.96. The van der Waals surface area contributed by atoms with Gasteiger partial charge in [-0.15, -0.1) is 0 Å². The van der Waals surface area contributed by atoms with Crippen molar-refractivity contribution in [3.05, 3.63) is 138 Å². The van der Waals surface area contributed by atoms with Crippen LogP contribution in [0.3, 0.4) is 0 Å². The summed E-state index contributed by atoms with van der Waals surface area (Å²) >= 11 is 18.9. The van der Waals surface area contributed by atoms with Crippen LogP contribution in [0.15, 0.2) is 106 Å². The molecule has 0 aliphatic rings. The van der Waals surface area contributed by atoms with E-state index in [0.29, 0.717) is 11.8 Å². The van der Waals surface area contributed by atoms with E-state index >= 15 is 0 Å². The number of benzene rings is 4. The van der Waals surface area contributed by atoms with Gasteiger partial charge in [-0.25, -0.2) is 0 Å². The predicted octanol–water partition coefficient (Wildman–Crippen LogP) is 9.25. The average molecular weight is 663 g/mol. The molecule has 0 aliphatic heterocycles. The monoisotopic (exact) mass is 660 g/mol. The van der Waals surface area contributed by atoms with Crippen LogP contribution in [0.4, 0.5) is 0 Å². The lowest BCUT2D eigenvalue weighted by atomic mass is 9.91. The zero-order valence-corrected chi connectivity index (χ0v) is 25.9. The Labute approximate surface area is 248 Å². The highest BCUT2D eigenvalue weighted by Crippen LogP contribution is 2.28. The number of likely N-dealkylation sites (N-methyl/N-ethyl adjacent to an activating group) is 2. The summed E-state index contributed by atoms with van der Waals surface area (Å²) in [4.78, 5) is 2.21. The molecule has 0 bridgehead atoms. The first-order valence-corrected chi connectivity index (χ1v) is 14.4. The summed E-state index contributed by atoms with van der Waals surface area (Å²) in [6, 6.07) is 33.2. The second kappa shape index (κ2) is 15.1. The first kappa shape index (κ1) is 29.9. The van der Waals surface area contributed by atoms with E-state index in [1.54, 1.807) is 0 Å². The Balaban J connectivity index is 0.000000206. The van der Waals surface area contributed by atoms with Crippen molar-refractivity contribution in [1.82, 2.24) is 10.2 Å². The van der Waals surface area contributed by atoms with Crippen LogP contribution in [-0.4, -0.2) is 39.1 Å². The Bertz CT molecular complexity index is 1120. The normalized spacial score (nSPS) is 12.5. The fraction of sp³-hybridized carbons (Fsp3) is 0.226. The maximum Gasteiger partial charge on any atom is 0.0406 e. The highest BCUT2D eigenvalue weighted by Gasteiger charge is 2.15. The molecule has 0 aliphatic carbocycles. The van der Waals surface area contributed by atoms with Crippen molar-refractivity contribution in [2.45, 2.75) is 11.8 Å². The van der Waals surface area contributed by atoms with Crippen molar-refractivity contribution in [3.8, 4) is 0 Å². The Morgan fingerprint density at radius 3 is 1.24 bits per heavy atom. The van der Waals surface area contributed by atoms with E-state index in [9.17, 15) is 0 Å². The lowest BCUT2D eigenvalue weighted by Crippen LogP contribution is -2.21. The zero-order valence-electron chi connectivity index (χ0n) is 21.3. The maximum absolute atomic E-state index is 5.97. The first-order valence-electron chi connectivity index (χ1n) is 12.1. The molecule has 1 N–H and O–H groups in total. The molecule has 0 saturated carbocycles. The van der Waals surface area contributed by atoms with Gasteiger partial charge in [-0.1, -0.05) is 104 Å². The summed E-state index contributed by atoms with van der Waals surface area (Å²) in [5.41, 5.74) is 5.19. The number of hydrogen-bond acceptors (Lipinski definition) is 2. The van der Waals surface area contributed by atoms with E-state index in [0.717, 1.165) is 32.1 Å². The molecule has 0 spiro atoms. The molecule has 0 heterocycles. The average Bonchev–Trinajstić information content (AvgIpc) is 2.89. The number of hydrogen-bond donors (Lipinski definition) is 1. The van der Waals surface area contributed by atoms with Gasteiger partial charge in [0.2, 0.25) is 0 Å². The van der Waals surface area contributed by atoms with Gasteiger partial charge in [-0.2, -0.15) is 0 Å². The molecule has 4 aromatic rings. The molecule has 2 nitrogen and oxygen atoms in total. The van der Waals surface area contributed by atoms with E-state index < -0.39 is 0 Å². The number of halogens is 4. The van der Waals surface area contributed by atoms with Crippen molar-refractivity contribution in [3.63, 3.8) is 0 Å². The van der Waals surface area contributed by atoms with E-state index in [2.05, 4.69) is 129 Å². The molecule has 37 heavy (non-hydrogen) atoms. The van der Waals surface area contributed by atoms with Gasteiger partial charge in [0.25, 0.3) is 0 Å². The summed E-state index contributed by atoms with van der Waals surface area (Å²) in [6.45, 7) is 1.88. The Hall–Kier alpha value is -1.66. The molecule has 0 saturated heterocycles. The minimum Gasteiger partial charge on any atom is -0.319 e. The molecular formula is C31H32Br2Cl2N2. The number of rotatable bonds is 8. The lowest BCUT2D eigenvalue weighted by molar-refractivity contribution is 0.392. The molecule has 2 unspecified atom stereocenters. The molecule has 0 fully saturated rings. The van der Waals surface area contributed by atoms with Crippen LogP contribution in [0.1, 0.15) is 34.1 Å². The van der Waals surface area contributed by atoms with Crippen molar-refractivity contribution in [2.75, 3.05) is 34.2 Å². The second-order valence-corrected chi connectivity index (χ2v) is 11.8. The molecule has 194 valence electrons. The summed E-state index contributed by atoms with van der Waals surface area (Å²) in [5.74, 6) is 0.709. The highest BCUT2D eigenvalue weighted by molar-refractivity contribution is 9.10. The van der Waals surface area contributed by atoms with Crippen LogP contribution < -0.4 is 5.32 Å². The molecule has 0 amide bonds. The Morgan fingerprint density at radius 2 is 0.919 bits per heavy atom. The van der Waals surface area contributed by atoms with Crippen molar-refractivity contribution in [1.29, 1.82) is 0 Å². The van der Waals surface area contributed by atoms with Gasteiger partial charge in [0.15, 0.2) is 0 Å². The third-order valence-electron chi connectivity index (χ3n) is 6.05. The molecule has 0 aromatic heterocycles. The number of nitrogens with one attached hydrogen (secondary N) is 1. The third-order valence-corrected chi connectivity index (χ3v) is 7.61. The van der Waals surface area contributed by atoms with Gasteiger partial charge >= 0.3 is 0 Å². The van der Waals surface area contributed by atoms with Gasteiger partial charge in [-0.05, 0) is 91.9 Å². The molecule has 4 rings (SSSR count). The van der Waals surface area contributed by atoms with Crippen LogP contribution >= 0.6 is 55.1 Å². The van der Waals surface area contributed by atoms with E-state index in [1.807, 2.05) is 31.3 Å². The highest BCUT2D eigenvalue weighted by atomic mass is 79.9. The Kier molecular flexibility index (Phi) is 12.2. The first-order chi connectivity index (χ1) is 17.8. The largest absolute Gasteiger partial charge is 0.319 e. The quantitative estimate of drug-likeness (QED) is 0.202. The molecule has 4 aromatic carbocycles. The fourth-order valence-electron chi connectivity index (χ4n) is 4.18. The van der Waals surface area contributed by atoms with Gasteiger partial charge in [0.1, 0.15) is 0 Å². The van der Waals surface area contributed by atoms with Crippen LogP contribution in [0.5, 0.6) is 0 Å². The minimum absolute atomic E-state index is 0.348. The van der Waals surface area contributed by atoms with Crippen LogP contribution in [-0.2, 0) is 0 Å². The topological polar surface area (TPSA) is 15.3 Å². The smallest absolute Gasteiger partial charge is 0.0406 e. The summed E-state index contributed by atoms with van der Waals surface area (Å²) in [5, 5.41) is 4.81. The molecular weight excluding hydrogens is 631 g/mol. The SMILES string of the molecule is CN(C)CC(c1ccc(Cl)cc1)c1ccc(Br)cc1.CNCC(c1ccc(Cl)cc1)c1ccc(Br)cc1.